The average molecular weight is 310 g/mol. The van der Waals surface area contributed by atoms with E-state index in [1.165, 1.54) is 0 Å². The van der Waals surface area contributed by atoms with Crippen molar-refractivity contribution >= 4 is 5.91 Å². The van der Waals surface area contributed by atoms with E-state index < -0.39 is 6.04 Å². The second-order valence-corrected chi connectivity index (χ2v) is 5.80. The molecule has 2 atom stereocenters. The van der Waals surface area contributed by atoms with E-state index in [0.29, 0.717) is 19.7 Å². The first-order chi connectivity index (χ1) is 11.3. The number of nitrogens with two attached hydrogens (primary N) is 1. The molecule has 1 aliphatic heterocycles. The highest BCUT2D eigenvalue weighted by atomic mass is 16.5. The van der Waals surface area contributed by atoms with Crippen molar-refractivity contribution in [3.63, 3.8) is 0 Å². The number of hydrogen-bond acceptors (Lipinski definition) is 3. The van der Waals surface area contributed by atoms with E-state index in [1.807, 2.05) is 65.6 Å². The Balaban J connectivity index is 1.74. The summed E-state index contributed by atoms with van der Waals surface area (Å²) in [6.07, 6.45) is 0.738. The quantitative estimate of drug-likeness (QED) is 0.948. The number of rotatable bonds is 3. The van der Waals surface area contributed by atoms with Crippen LogP contribution in [0.5, 0.6) is 0 Å². The predicted octanol–water partition coefficient (Wildman–Crippen LogP) is 2.68. The Morgan fingerprint density at radius 1 is 1.09 bits per heavy atom. The van der Waals surface area contributed by atoms with Crippen LogP contribution in [-0.4, -0.2) is 30.5 Å². The summed E-state index contributed by atoms with van der Waals surface area (Å²) in [5, 5.41) is 0. The molecule has 4 nitrogen and oxygen atoms in total. The van der Waals surface area contributed by atoms with E-state index in [9.17, 15) is 4.79 Å². The second-order valence-electron chi connectivity index (χ2n) is 5.80. The fourth-order valence-corrected chi connectivity index (χ4v) is 2.89. The topological polar surface area (TPSA) is 55.6 Å². The molecule has 0 saturated carbocycles. The summed E-state index contributed by atoms with van der Waals surface area (Å²) >= 11 is 0. The fourth-order valence-electron chi connectivity index (χ4n) is 2.89. The number of hydrogen-bond donors (Lipinski definition) is 1. The van der Waals surface area contributed by atoms with Gasteiger partial charge in [0.15, 0.2) is 0 Å². The summed E-state index contributed by atoms with van der Waals surface area (Å²) < 4.78 is 5.92. The van der Waals surface area contributed by atoms with Gasteiger partial charge in [-0.15, -0.1) is 0 Å². The van der Waals surface area contributed by atoms with Gasteiger partial charge in [-0.05, 0) is 17.5 Å². The van der Waals surface area contributed by atoms with Gasteiger partial charge >= 0.3 is 0 Å². The monoisotopic (exact) mass is 310 g/mol. The number of carbonyl (C=O) groups excluding carboxylic acids is 1. The Bertz CT molecular complexity index is 630. The molecule has 1 amide bonds. The van der Waals surface area contributed by atoms with E-state index in [2.05, 4.69) is 0 Å². The van der Waals surface area contributed by atoms with Gasteiger partial charge in [0.1, 0.15) is 12.1 Å². The van der Waals surface area contributed by atoms with E-state index in [4.69, 9.17) is 10.5 Å². The maximum Gasteiger partial charge on any atom is 0.244 e. The van der Waals surface area contributed by atoms with Gasteiger partial charge in [-0.1, -0.05) is 60.7 Å². The Kier molecular flexibility index (Phi) is 5.05. The van der Waals surface area contributed by atoms with Gasteiger partial charge in [-0.25, -0.2) is 0 Å². The lowest BCUT2D eigenvalue weighted by Gasteiger charge is -2.27. The summed E-state index contributed by atoms with van der Waals surface area (Å²) in [4.78, 5) is 14.6. The molecule has 1 fully saturated rings. The second kappa shape index (κ2) is 7.40. The summed E-state index contributed by atoms with van der Waals surface area (Å²) in [6.45, 7) is 1.88. The number of ether oxygens (including phenoxy) is 1. The first kappa shape index (κ1) is 15.7. The normalized spacial score (nSPS) is 19.9. The summed E-state index contributed by atoms with van der Waals surface area (Å²) in [5.41, 5.74) is 8.12. The van der Waals surface area contributed by atoms with Gasteiger partial charge in [0.25, 0.3) is 0 Å². The Morgan fingerprint density at radius 3 is 2.43 bits per heavy atom. The molecule has 0 spiro atoms. The van der Waals surface area contributed by atoms with Crippen molar-refractivity contribution in [3.8, 4) is 0 Å². The van der Waals surface area contributed by atoms with Gasteiger partial charge in [0.2, 0.25) is 5.91 Å². The van der Waals surface area contributed by atoms with Gasteiger partial charge in [0, 0.05) is 13.2 Å². The molecule has 23 heavy (non-hydrogen) atoms. The van der Waals surface area contributed by atoms with Crippen LogP contribution in [0.4, 0.5) is 0 Å². The van der Waals surface area contributed by atoms with E-state index in [0.717, 1.165) is 17.5 Å². The number of carbonyl (C=O) groups is 1. The van der Waals surface area contributed by atoms with Crippen molar-refractivity contribution in [1.29, 1.82) is 0 Å². The smallest absolute Gasteiger partial charge is 0.244 e. The molecule has 2 N–H and O–H groups in total. The van der Waals surface area contributed by atoms with Crippen LogP contribution in [0.25, 0.3) is 0 Å². The first-order valence-corrected chi connectivity index (χ1v) is 8.01. The molecule has 3 rings (SSSR count). The van der Waals surface area contributed by atoms with E-state index in [1.54, 1.807) is 0 Å². The summed E-state index contributed by atoms with van der Waals surface area (Å²) in [7, 11) is 0. The minimum Gasteiger partial charge on any atom is -0.372 e. The lowest BCUT2D eigenvalue weighted by Crippen LogP contribution is -2.40. The Hall–Kier alpha value is -2.17. The van der Waals surface area contributed by atoms with Gasteiger partial charge in [-0.3, -0.25) is 4.79 Å². The highest BCUT2D eigenvalue weighted by Gasteiger charge is 2.27. The zero-order valence-corrected chi connectivity index (χ0v) is 13.1. The maximum atomic E-state index is 12.8. The average Bonchev–Trinajstić information content (AvgIpc) is 2.88. The molecule has 0 radical (unpaired) electrons. The minimum absolute atomic E-state index is 0.0392. The van der Waals surface area contributed by atoms with Crippen molar-refractivity contribution in [3.05, 3.63) is 71.8 Å². The molecule has 2 unspecified atom stereocenters. The van der Waals surface area contributed by atoms with Crippen LogP contribution in [0.3, 0.4) is 0 Å². The molecule has 0 bridgehead atoms. The molecule has 1 saturated heterocycles. The number of nitrogens with zero attached hydrogens (tertiary/aromatic N) is 1. The molecular formula is C19H22N2O2. The van der Waals surface area contributed by atoms with Gasteiger partial charge in [0.05, 0.1) is 6.54 Å². The highest BCUT2D eigenvalue weighted by Crippen LogP contribution is 2.23. The lowest BCUT2D eigenvalue weighted by molar-refractivity contribution is -0.133. The Labute approximate surface area is 136 Å². The maximum absolute atomic E-state index is 12.8. The molecule has 120 valence electrons. The first-order valence-electron chi connectivity index (χ1n) is 8.01. The minimum atomic E-state index is -0.620. The fraction of sp³-hybridized carbons (Fsp3) is 0.316. The molecule has 1 aliphatic rings. The van der Waals surface area contributed by atoms with Crippen molar-refractivity contribution in [2.75, 3.05) is 19.7 Å². The van der Waals surface area contributed by atoms with Crippen molar-refractivity contribution in [2.45, 2.75) is 18.6 Å². The van der Waals surface area contributed by atoms with Gasteiger partial charge < -0.3 is 15.4 Å². The van der Waals surface area contributed by atoms with Crippen LogP contribution < -0.4 is 5.73 Å². The third kappa shape index (κ3) is 3.78. The number of amides is 1. The zero-order chi connectivity index (χ0) is 16.1. The molecule has 1 heterocycles. The summed E-state index contributed by atoms with van der Waals surface area (Å²) in [6, 6.07) is 18.9. The van der Waals surface area contributed by atoms with Gasteiger partial charge in [-0.2, -0.15) is 0 Å². The highest BCUT2D eigenvalue weighted by molar-refractivity contribution is 5.83. The molecule has 0 aromatic heterocycles. The van der Waals surface area contributed by atoms with Crippen molar-refractivity contribution in [2.24, 2.45) is 5.73 Å². The molecule has 2 aromatic carbocycles. The van der Waals surface area contributed by atoms with Crippen molar-refractivity contribution in [1.82, 2.24) is 4.90 Å². The largest absolute Gasteiger partial charge is 0.372 e. The van der Waals surface area contributed by atoms with Crippen LogP contribution in [-0.2, 0) is 9.53 Å². The van der Waals surface area contributed by atoms with Crippen LogP contribution in [0.2, 0.25) is 0 Å². The number of benzene rings is 2. The Morgan fingerprint density at radius 2 is 1.74 bits per heavy atom. The SMILES string of the molecule is NC(C(=O)N1CCCOC(c2ccccc2)C1)c1ccccc1. The molecule has 2 aromatic rings. The van der Waals surface area contributed by atoms with Crippen LogP contribution in [0.1, 0.15) is 29.7 Å². The predicted molar refractivity (Wildman–Crippen MR) is 89.7 cm³/mol. The third-order valence-corrected chi connectivity index (χ3v) is 4.19. The van der Waals surface area contributed by atoms with Crippen LogP contribution in [0, 0.1) is 0 Å². The van der Waals surface area contributed by atoms with Crippen molar-refractivity contribution < 1.29 is 9.53 Å². The molecule has 0 aliphatic carbocycles. The molecule has 4 heteroatoms. The zero-order valence-electron chi connectivity index (χ0n) is 13.1. The summed E-state index contributed by atoms with van der Waals surface area (Å²) in [5.74, 6) is -0.0392. The lowest BCUT2D eigenvalue weighted by atomic mass is 10.1. The van der Waals surface area contributed by atoms with Crippen LogP contribution >= 0.6 is 0 Å². The molecular weight excluding hydrogens is 288 g/mol. The van der Waals surface area contributed by atoms with Crippen LogP contribution in [0.15, 0.2) is 60.7 Å². The standard InChI is InChI=1S/C19H22N2O2/c20-18(16-10-5-2-6-11-16)19(22)21-12-7-13-23-17(14-21)15-8-3-1-4-9-15/h1-6,8-11,17-18H,7,12-14,20H2. The third-order valence-electron chi connectivity index (χ3n) is 4.19. The van der Waals surface area contributed by atoms with E-state index in [-0.39, 0.29) is 12.0 Å². The van der Waals surface area contributed by atoms with E-state index >= 15 is 0 Å².